The van der Waals surface area contributed by atoms with Gasteiger partial charge < -0.3 is 9.47 Å². The third kappa shape index (κ3) is 4.51. The van der Waals surface area contributed by atoms with E-state index in [1.165, 1.54) is 11.9 Å². The third-order valence-corrected chi connectivity index (χ3v) is 5.16. The summed E-state index contributed by atoms with van der Waals surface area (Å²) in [6.07, 6.45) is 1.50. The highest BCUT2D eigenvalue weighted by Crippen LogP contribution is 2.39. The number of benzene rings is 2. The van der Waals surface area contributed by atoms with E-state index in [0.717, 1.165) is 11.8 Å². The summed E-state index contributed by atoms with van der Waals surface area (Å²) < 4.78 is 36.7. The van der Waals surface area contributed by atoms with Crippen LogP contribution < -0.4 is 14.2 Å². The van der Waals surface area contributed by atoms with Crippen molar-refractivity contribution in [3.8, 4) is 11.5 Å². The lowest BCUT2D eigenvalue weighted by molar-refractivity contribution is -0.130. The van der Waals surface area contributed by atoms with Crippen LogP contribution in [0, 0.1) is 0 Å². The molecule has 0 aromatic heterocycles. The number of hydrogen-bond donors (Lipinski definition) is 1. The maximum absolute atomic E-state index is 12.3. The molecule has 0 bridgehead atoms. The first-order valence-electron chi connectivity index (χ1n) is 8.90. The highest BCUT2D eigenvalue weighted by atomic mass is 32.2. The molecule has 154 valence electrons. The van der Waals surface area contributed by atoms with E-state index >= 15 is 0 Å². The van der Waals surface area contributed by atoms with Gasteiger partial charge in [-0.25, -0.2) is 13.4 Å². The van der Waals surface area contributed by atoms with Crippen LogP contribution in [0.25, 0.3) is 0 Å². The van der Waals surface area contributed by atoms with E-state index in [-0.39, 0.29) is 11.9 Å². The Morgan fingerprint density at radius 2 is 1.90 bits per heavy atom. The zero-order chi connectivity index (χ0) is 21.2. The molecule has 0 aliphatic carbocycles. The Balaban J connectivity index is 2.02. The molecule has 29 heavy (non-hydrogen) atoms. The van der Waals surface area contributed by atoms with Gasteiger partial charge in [0.25, 0.3) is 0 Å². The molecule has 8 nitrogen and oxygen atoms in total. The van der Waals surface area contributed by atoms with Crippen LogP contribution in [0.15, 0.2) is 47.6 Å². The highest BCUT2D eigenvalue weighted by Gasteiger charge is 2.34. The number of nitrogens with one attached hydrogen (secondary N) is 1. The molecule has 1 aliphatic heterocycles. The van der Waals surface area contributed by atoms with Gasteiger partial charge in [-0.1, -0.05) is 18.2 Å². The van der Waals surface area contributed by atoms with Crippen molar-refractivity contribution in [2.45, 2.75) is 19.4 Å². The van der Waals surface area contributed by atoms with E-state index in [1.54, 1.807) is 50.6 Å². The van der Waals surface area contributed by atoms with Gasteiger partial charge in [-0.2, -0.15) is 5.10 Å². The Morgan fingerprint density at radius 1 is 1.17 bits per heavy atom. The predicted molar refractivity (Wildman–Crippen MR) is 111 cm³/mol. The Kier molecular flexibility index (Phi) is 5.78. The summed E-state index contributed by atoms with van der Waals surface area (Å²) in [6, 6.07) is 12.0. The maximum Gasteiger partial charge on any atom is 0.240 e. The first-order valence-corrected chi connectivity index (χ1v) is 10.8. The molecule has 2 aromatic carbocycles. The van der Waals surface area contributed by atoms with E-state index in [4.69, 9.17) is 9.47 Å². The van der Waals surface area contributed by atoms with Gasteiger partial charge >= 0.3 is 0 Å². The second-order valence-corrected chi connectivity index (χ2v) is 8.41. The van der Waals surface area contributed by atoms with Crippen LogP contribution in [0.4, 0.5) is 5.69 Å². The number of nitrogens with zero attached hydrogens (tertiary/aromatic N) is 2. The van der Waals surface area contributed by atoms with Gasteiger partial charge in [-0.3, -0.25) is 9.52 Å². The standard InChI is InChI=1S/C20H23N3O5S/c1-13(24)23-19(16-10-9-14(27-2)11-20(16)28-3)12-18(21-23)15-7-5-6-8-17(15)22-29(4,25)26/h5-11,19,22H,12H2,1-4H3/t19-/m1/s1. The molecule has 2 aromatic rings. The summed E-state index contributed by atoms with van der Waals surface area (Å²) in [5.74, 6) is 0.998. The second kappa shape index (κ2) is 8.12. The lowest BCUT2D eigenvalue weighted by atomic mass is 9.97. The van der Waals surface area contributed by atoms with Crippen molar-refractivity contribution in [3.63, 3.8) is 0 Å². The average Bonchev–Trinajstić information content (AvgIpc) is 3.12. The molecule has 0 fully saturated rings. The van der Waals surface area contributed by atoms with Crippen LogP contribution in [0.1, 0.15) is 30.5 Å². The number of rotatable bonds is 6. The number of ether oxygens (including phenoxy) is 2. The van der Waals surface area contributed by atoms with Gasteiger partial charge in [0.2, 0.25) is 15.9 Å². The fourth-order valence-electron chi connectivity index (χ4n) is 3.32. The largest absolute Gasteiger partial charge is 0.497 e. The van der Waals surface area contributed by atoms with Crippen molar-refractivity contribution >= 4 is 27.3 Å². The van der Waals surface area contributed by atoms with E-state index in [9.17, 15) is 13.2 Å². The number of carbonyl (C=O) groups is 1. The summed E-state index contributed by atoms with van der Waals surface area (Å²) in [7, 11) is -0.340. The molecule has 3 rings (SSSR count). The predicted octanol–water partition coefficient (Wildman–Crippen LogP) is 2.77. The minimum Gasteiger partial charge on any atom is -0.497 e. The van der Waals surface area contributed by atoms with Crippen LogP contribution in [0.5, 0.6) is 11.5 Å². The van der Waals surface area contributed by atoms with Gasteiger partial charge in [0.15, 0.2) is 0 Å². The van der Waals surface area contributed by atoms with Crippen LogP contribution in [-0.4, -0.2) is 45.5 Å². The molecule has 1 heterocycles. The number of sulfonamides is 1. The molecule has 0 spiro atoms. The number of hydrazone groups is 1. The van der Waals surface area contributed by atoms with Gasteiger partial charge in [0.05, 0.1) is 37.9 Å². The van der Waals surface area contributed by atoms with Crippen molar-refractivity contribution in [3.05, 3.63) is 53.6 Å². The Hall–Kier alpha value is -3.07. The zero-order valence-corrected chi connectivity index (χ0v) is 17.5. The minimum atomic E-state index is -3.46. The minimum absolute atomic E-state index is 0.226. The number of anilines is 1. The topological polar surface area (TPSA) is 97.3 Å². The van der Waals surface area contributed by atoms with Crippen molar-refractivity contribution in [2.24, 2.45) is 5.10 Å². The normalized spacial score (nSPS) is 16.3. The summed E-state index contributed by atoms with van der Waals surface area (Å²) >= 11 is 0. The van der Waals surface area contributed by atoms with E-state index in [2.05, 4.69) is 9.82 Å². The Morgan fingerprint density at radius 3 is 2.52 bits per heavy atom. The number of methoxy groups -OCH3 is 2. The molecule has 0 saturated carbocycles. The summed E-state index contributed by atoms with van der Waals surface area (Å²) in [5.41, 5.74) is 2.43. The molecule has 1 atom stereocenters. The van der Waals surface area contributed by atoms with E-state index in [0.29, 0.717) is 34.9 Å². The molecule has 1 amide bonds. The Bertz CT molecular complexity index is 1070. The first kappa shape index (κ1) is 20.7. The average molecular weight is 417 g/mol. The van der Waals surface area contributed by atoms with Crippen molar-refractivity contribution < 1.29 is 22.7 Å². The molecular weight excluding hydrogens is 394 g/mol. The molecule has 9 heteroatoms. The van der Waals surface area contributed by atoms with Crippen LogP contribution >= 0.6 is 0 Å². The van der Waals surface area contributed by atoms with E-state index < -0.39 is 10.0 Å². The van der Waals surface area contributed by atoms with Crippen molar-refractivity contribution in [2.75, 3.05) is 25.2 Å². The van der Waals surface area contributed by atoms with Crippen molar-refractivity contribution in [1.29, 1.82) is 0 Å². The van der Waals surface area contributed by atoms with Gasteiger partial charge in [0.1, 0.15) is 11.5 Å². The third-order valence-electron chi connectivity index (χ3n) is 4.57. The van der Waals surface area contributed by atoms with Crippen LogP contribution in [0.2, 0.25) is 0 Å². The Labute approximate surface area is 170 Å². The second-order valence-electron chi connectivity index (χ2n) is 6.66. The highest BCUT2D eigenvalue weighted by molar-refractivity contribution is 7.92. The summed E-state index contributed by atoms with van der Waals surface area (Å²) in [4.78, 5) is 12.3. The fraction of sp³-hybridized carbons (Fsp3) is 0.300. The van der Waals surface area contributed by atoms with Gasteiger partial charge in [-0.05, 0) is 18.2 Å². The molecular formula is C20H23N3O5S. The summed E-state index contributed by atoms with van der Waals surface area (Å²) in [6.45, 7) is 1.44. The molecule has 0 unspecified atom stereocenters. The van der Waals surface area contributed by atoms with E-state index in [1.807, 2.05) is 6.07 Å². The molecule has 1 aliphatic rings. The SMILES string of the molecule is COc1ccc([C@H]2CC(c3ccccc3NS(C)(=O)=O)=NN2C(C)=O)c(OC)c1. The van der Waals surface area contributed by atoms with Crippen molar-refractivity contribution in [1.82, 2.24) is 5.01 Å². The number of hydrogen-bond acceptors (Lipinski definition) is 6. The number of amides is 1. The lowest BCUT2D eigenvalue weighted by Crippen LogP contribution is -2.24. The van der Waals surface area contributed by atoms with Crippen LogP contribution in [0.3, 0.4) is 0 Å². The first-order chi connectivity index (χ1) is 13.7. The van der Waals surface area contributed by atoms with Gasteiger partial charge in [-0.15, -0.1) is 0 Å². The fourth-order valence-corrected chi connectivity index (χ4v) is 3.90. The smallest absolute Gasteiger partial charge is 0.240 e. The zero-order valence-electron chi connectivity index (χ0n) is 16.7. The molecule has 1 N–H and O–H groups in total. The quantitative estimate of drug-likeness (QED) is 0.779. The molecule has 0 saturated heterocycles. The molecule has 0 radical (unpaired) electrons. The monoisotopic (exact) mass is 417 g/mol. The lowest BCUT2D eigenvalue weighted by Gasteiger charge is -2.22. The maximum atomic E-state index is 12.3. The number of carbonyl (C=O) groups excluding carboxylic acids is 1. The van der Waals surface area contributed by atoms with Gasteiger partial charge in [0, 0.05) is 30.5 Å². The summed E-state index contributed by atoms with van der Waals surface area (Å²) in [5, 5.41) is 5.90. The number of para-hydroxylation sites is 1. The van der Waals surface area contributed by atoms with Crippen LogP contribution in [-0.2, 0) is 14.8 Å².